The molecule has 0 N–H and O–H groups in total. The minimum Gasteiger partial charge on any atom is -0.493 e. The van der Waals surface area contributed by atoms with Gasteiger partial charge in [0.1, 0.15) is 5.82 Å². The first-order chi connectivity index (χ1) is 12.2. The molecule has 0 aliphatic heterocycles. The molecule has 0 heterocycles. The standard InChI is InChI=1S/C18H22FNO5S/c1-12-8-14(19)6-7-17(12)26(21,22)20(2)11-13-9-15(23-3)18(25-5)16(10-13)24-4/h6-10H,11H2,1-5H3. The fourth-order valence-corrected chi connectivity index (χ4v) is 4.00. The molecule has 2 rings (SSSR count). The summed E-state index contributed by atoms with van der Waals surface area (Å²) in [5.74, 6) is 0.823. The SMILES string of the molecule is COc1cc(CN(C)S(=O)(=O)c2ccc(F)cc2C)cc(OC)c1OC. The molecule has 6 nitrogen and oxygen atoms in total. The van der Waals surface area contributed by atoms with Crippen LogP contribution in [0.4, 0.5) is 4.39 Å². The van der Waals surface area contributed by atoms with Crippen LogP contribution in [0.5, 0.6) is 17.2 Å². The van der Waals surface area contributed by atoms with E-state index < -0.39 is 15.8 Å². The van der Waals surface area contributed by atoms with Crippen LogP contribution in [0.3, 0.4) is 0 Å². The molecule has 0 amide bonds. The second kappa shape index (κ2) is 7.92. The topological polar surface area (TPSA) is 65.1 Å². The zero-order valence-electron chi connectivity index (χ0n) is 15.4. The van der Waals surface area contributed by atoms with Gasteiger partial charge >= 0.3 is 0 Å². The summed E-state index contributed by atoms with van der Waals surface area (Å²) in [6.45, 7) is 1.64. The summed E-state index contributed by atoms with van der Waals surface area (Å²) in [5, 5.41) is 0. The molecule has 0 radical (unpaired) electrons. The number of benzene rings is 2. The molecule has 0 fully saturated rings. The summed E-state index contributed by atoms with van der Waals surface area (Å²) >= 11 is 0. The average Bonchev–Trinajstić information content (AvgIpc) is 2.60. The number of halogens is 1. The number of sulfonamides is 1. The van der Waals surface area contributed by atoms with Gasteiger partial charge in [0, 0.05) is 13.6 Å². The van der Waals surface area contributed by atoms with Crippen molar-refractivity contribution < 1.29 is 27.0 Å². The molecule has 26 heavy (non-hydrogen) atoms. The van der Waals surface area contributed by atoms with Gasteiger partial charge in [0.2, 0.25) is 15.8 Å². The highest BCUT2D eigenvalue weighted by Crippen LogP contribution is 2.38. The van der Waals surface area contributed by atoms with E-state index in [2.05, 4.69) is 0 Å². The van der Waals surface area contributed by atoms with Crippen LogP contribution in [-0.4, -0.2) is 41.1 Å². The van der Waals surface area contributed by atoms with Crippen LogP contribution in [0, 0.1) is 12.7 Å². The number of nitrogens with zero attached hydrogens (tertiary/aromatic N) is 1. The van der Waals surface area contributed by atoms with E-state index in [-0.39, 0.29) is 11.4 Å². The lowest BCUT2D eigenvalue weighted by atomic mass is 10.2. The lowest BCUT2D eigenvalue weighted by molar-refractivity contribution is 0.323. The quantitative estimate of drug-likeness (QED) is 0.735. The molecular formula is C18H22FNO5S. The summed E-state index contributed by atoms with van der Waals surface area (Å²) in [5.41, 5.74) is 1.01. The molecule has 2 aromatic carbocycles. The molecule has 0 unspecified atom stereocenters. The lowest BCUT2D eigenvalue weighted by Gasteiger charge is -2.20. The molecule has 0 atom stereocenters. The van der Waals surface area contributed by atoms with Crippen molar-refractivity contribution in [2.45, 2.75) is 18.4 Å². The number of hydrogen-bond donors (Lipinski definition) is 0. The maximum absolute atomic E-state index is 13.3. The van der Waals surface area contributed by atoms with Gasteiger partial charge in [-0.3, -0.25) is 0 Å². The van der Waals surface area contributed by atoms with Crippen LogP contribution < -0.4 is 14.2 Å². The first-order valence-electron chi connectivity index (χ1n) is 7.76. The van der Waals surface area contributed by atoms with Gasteiger partial charge in [-0.1, -0.05) is 0 Å². The Morgan fingerprint density at radius 2 is 1.58 bits per heavy atom. The summed E-state index contributed by atoms with van der Waals surface area (Å²) < 4.78 is 55.9. The Hall–Kier alpha value is -2.32. The van der Waals surface area contributed by atoms with Crippen LogP contribution in [-0.2, 0) is 16.6 Å². The average molecular weight is 383 g/mol. The van der Waals surface area contributed by atoms with E-state index in [0.717, 1.165) is 6.07 Å². The third-order valence-corrected chi connectivity index (χ3v) is 5.92. The van der Waals surface area contributed by atoms with E-state index in [1.807, 2.05) is 0 Å². The predicted octanol–water partition coefficient (Wildman–Crippen LogP) is 2.98. The van der Waals surface area contributed by atoms with Gasteiger partial charge in [-0.2, -0.15) is 4.31 Å². The molecule has 2 aromatic rings. The number of aryl methyl sites for hydroxylation is 1. The maximum Gasteiger partial charge on any atom is 0.243 e. The minimum atomic E-state index is -3.79. The Morgan fingerprint density at radius 1 is 1.00 bits per heavy atom. The molecule has 8 heteroatoms. The lowest BCUT2D eigenvalue weighted by Crippen LogP contribution is -2.27. The number of ether oxygens (including phenoxy) is 3. The molecule has 0 saturated carbocycles. The first-order valence-corrected chi connectivity index (χ1v) is 9.20. The molecular weight excluding hydrogens is 361 g/mol. The van der Waals surface area contributed by atoms with Gasteiger partial charge in [0.05, 0.1) is 26.2 Å². The molecule has 0 aromatic heterocycles. The Kier molecular flexibility index (Phi) is 6.09. The summed E-state index contributed by atoms with van der Waals surface area (Å²) in [7, 11) is 2.15. The largest absolute Gasteiger partial charge is 0.493 e. The predicted molar refractivity (Wildman–Crippen MR) is 95.9 cm³/mol. The second-order valence-electron chi connectivity index (χ2n) is 5.70. The zero-order valence-corrected chi connectivity index (χ0v) is 16.2. The number of hydrogen-bond acceptors (Lipinski definition) is 5. The van der Waals surface area contributed by atoms with E-state index in [1.165, 1.54) is 44.8 Å². The van der Waals surface area contributed by atoms with Gasteiger partial charge in [-0.05, 0) is 48.4 Å². The van der Waals surface area contributed by atoms with Crippen LogP contribution in [0.15, 0.2) is 35.2 Å². The van der Waals surface area contributed by atoms with E-state index in [1.54, 1.807) is 19.1 Å². The van der Waals surface area contributed by atoms with Crippen molar-refractivity contribution in [3.63, 3.8) is 0 Å². The van der Waals surface area contributed by atoms with Crippen LogP contribution >= 0.6 is 0 Å². The molecule has 0 spiro atoms. The fraction of sp³-hybridized carbons (Fsp3) is 0.333. The van der Waals surface area contributed by atoms with Crippen LogP contribution in [0.2, 0.25) is 0 Å². The van der Waals surface area contributed by atoms with Gasteiger partial charge in [0.15, 0.2) is 11.5 Å². The first kappa shape index (κ1) is 20.0. The van der Waals surface area contributed by atoms with Crippen molar-refractivity contribution in [1.29, 1.82) is 0 Å². The fourth-order valence-electron chi connectivity index (χ4n) is 2.64. The Morgan fingerprint density at radius 3 is 2.04 bits per heavy atom. The van der Waals surface area contributed by atoms with Crippen molar-refractivity contribution in [3.05, 3.63) is 47.3 Å². The third-order valence-electron chi connectivity index (χ3n) is 3.95. The van der Waals surface area contributed by atoms with Crippen LogP contribution in [0.25, 0.3) is 0 Å². The second-order valence-corrected chi connectivity index (χ2v) is 7.72. The Bertz CT molecular complexity index is 873. The highest BCUT2D eigenvalue weighted by molar-refractivity contribution is 7.89. The highest BCUT2D eigenvalue weighted by Gasteiger charge is 2.24. The molecule has 0 bridgehead atoms. The maximum atomic E-state index is 13.3. The normalized spacial score (nSPS) is 11.5. The summed E-state index contributed by atoms with van der Waals surface area (Å²) in [6.07, 6.45) is 0. The summed E-state index contributed by atoms with van der Waals surface area (Å²) in [4.78, 5) is 0.0637. The monoisotopic (exact) mass is 383 g/mol. The van der Waals surface area contributed by atoms with Gasteiger partial charge in [-0.25, -0.2) is 12.8 Å². The zero-order chi connectivity index (χ0) is 19.5. The van der Waals surface area contributed by atoms with E-state index in [0.29, 0.717) is 28.4 Å². The van der Waals surface area contributed by atoms with Gasteiger partial charge in [-0.15, -0.1) is 0 Å². The smallest absolute Gasteiger partial charge is 0.243 e. The van der Waals surface area contributed by atoms with E-state index >= 15 is 0 Å². The molecule has 0 aliphatic carbocycles. The number of methoxy groups -OCH3 is 3. The van der Waals surface area contributed by atoms with Gasteiger partial charge in [0.25, 0.3) is 0 Å². The third kappa shape index (κ3) is 3.91. The van der Waals surface area contributed by atoms with E-state index in [4.69, 9.17) is 14.2 Å². The minimum absolute atomic E-state index is 0.0637. The van der Waals surface area contributed by atoms with Crippen molar-refractivity contribution in [2.24, 2.45) is 0 Å². The van der Waals surface area contributed by atoms with Crippen molar-refractivity contribution >= 4 is 10.0 Å². The Balaban J connectivity index is 2.38. The van der Waals surface area contributed by atoms with Crippen molar-refractivity contribution in [2.75, 3.05) is 28.4 Å². The summed E-state index contributed by atoms with van der Waals surface area (Å²) in [6, 6.07) is 6.97. The van der Waals surface area contributed by atoms with Crippen molar-refractivity contribution in [1.82, 2.24) is 4.31 Å². The van der Waals surface area contributed by atoms with Gasteiger partial charge < -0.3 is 14.2 Å². The van der Waals surface area contributed by atoms with E-state index in [9.17, 15) is 12.8 Å². The molecule has 142 valence electrons. The molecule has 0 saturated heterocycles. The van der Waals surface area contributed by atoms with Crippen LogP contribution in [0.1, 0.15) is 11.1 Å². The Labute approximate surface area is 153 Å². The molecule has 0 aliphatic rings. The highest BCUT2D eigenvalue weighted by atomic mass is 32.2. The number of rotatable bonds is 7. The van der Waals surface area contributed by atoms with Crippen molar-refractivity contribution in [3.8, 4) is 17.2 Å².